The van der Waals surface area contributed by atoms with Gasteiger partial charge in [-0.1, -0.05) is 60.7 Å². The Balaban J connectivity index is 2.16. The molecule has 0 radical (unpaired) electrons. The molecule has 1 unspecified atom stereocenters. The number of amides is 1. The van der Waals surface area contributed by atoms with Crippen molar-refractivity contribution in [2.24, 2.45) is 0 Å². The highest BCUT2D eigenvalue weighted by Gasteiger charge is 2.14. The molecule has 0 aliphatic carbocycles. The van der Waals surface area contributed by atoms with Crippen molar-refractivity contribution in [2.75, 3.05) is 0 Å². The van der Waals surface area contributed by atoms with E-state index in [0.717, 1.165) is 11.1 Å². The summed E-state index contributed by atoms with van der Waals surface area (Å²) >= 11 is 0. The minimum absolute atomic E-state index is 0.112. The van der Waals surface area contributed by atoms with E-state index in [0.29, 0.717) is 6.42 Å². The number of nitriles is 1. The van der Waals surface area contributed by atoms with Crippen LogP contribution in [0, 0.1) is 11.3 Å². The van der Waals surface area contributed by atoms with E-state index in [1.54, 1.807) is 0 Å². The molecule has 0 aliphatic rings. The highest BCUT2D eigenvalue weighted by molar-refractivity contribution is 5.78. The van der Waals surface area contributed by atoms with E-state index in [9.17, 15) is 4.79 Å². The third kappa shape index (κ3) is 3.96. The van der Waals surface area contributed by atoms with Crippen LogP contribution in [0.15, 0.2) is 60.7 Å². The zero-order valence-corrected chi connectivity index (χ0v) is 11.1. The van der Waals surface area contributed by atoms with Crippen molar-refractivity contribution in [3.8, 4) is 6.07 Å². The van der Waals surface area contributed by atoms with Gasteiger partial charge in [0.15, 0.2) is 0 Å². The van der Waals surface area contributed by atoms with Crippen LogP contribution in [0.5, 0.6) is 0 Å². The molecule has 0 aliphatic heterocycles. The third-order valence-electron chi connectivity index (χ3n) is 3.06. The maximum Gasteiger partial charge on any atom is 0.234 e. The Morgan fingerprint density at radius 1 is 1.05 bits per heavy atom. The minimum atomic E-state index is -0.239. The fraction of sp³-hybridized carbons (Fsp3) is 0.176. The molecule has 2 aromatic carbocycles. The first-order valence-electron chi connectivity index (χ1n) is 6.55. The Hall–Kier alpha value is -2.60. The Labute approximate surface area is 118 Å². The second-order valence-electron chi connectivity index (χ2n) is 4.56. The van der Waals surface area contributed by atoms with E-state index in [1.807, 2.05) is 66.7 Å². The molecule has 0 fully saturated rings. The first kappa shape index (κ1) is 13.8. The molecule has 1 N–H and O–H groups in total. The van der Waals surface area contributed by atoms with Gasteiger partial charge in [-0.25, -0.2) is 0 Å². The third-order valence-corrected chi connectivity index (χ3v) is 3.06. The van der Waals surface area contributed by atoms with Gasteiger partial charge in [-0.2, -0.15) is 5.26 Å². The lowest BCUT2D eigenvalue weighted by Gasteiger charge is -2.19. The molecule has 0 saturated heterocycles. The zero-order chi connectivity index (χ0) is 14.2. The standard InChI is InChI=1S/C17H16N2O/c18-12-11-17(20)19-16(15-9-5-2-6-10-15)13-14-7-3-1-4-8-14/h1-10,16H,11,13H2,(H,19,20). The van der Waals surface area contributed by atoms with E-state index in [4.69, 9.17) is 5.26 Å². The molecule has 0 aromatic heterocycles. The Morgan fingerprint density at radius 2 is 1.65 bits per heavy atom. The summed E-state index contributed by atoms with van der Waals surface area (Å²) in [6.45, 7) is 0. The van der Waals surface area contributed by atoms with Gasteiger partial charge < -0.3 is 5.32 Å². The molecule has 2 rings (SSSR count). The number of carbonyl (C=O) groups is 1. The van der Waals surface area contributed by atoms with Gasteiger partial charge in [0.2, 0.25) is 5.91 Å². The van der Waals surface area contributed by atoms with Gasteiger partial charge in [0.05, 0.1) is 12.1 Å². The molecule has 0 spiro atoms. The molecule has 3 nitrogen and oxygen atoms in total. The predicted molar refractivity (Wildman–Crippen MR) is 77.7 cm³/mol. The topological polar surface area (TPSA) is 52.9 Å². The summed E-state index contributed by atoms with van der Waals surface area (Å²) in [6.07, 6.45) is 0.597. The van der Waals surface area contributed by atoms with Gasteiger partial charge in [0.1, 0.15) is 6.42 Å². The molecular weight excluding hydrogens is 248 g/mol. The molecule has 1 amide bonds. The number of benzene rings is 2. The fourth-order valence-corrected chi connectivity index (χ4v) is 2.10. The van der Waals surface area contributed by atoms with Crippen molar-refractivity contribution >= 4 is 5.91 Å². The van der Waals surface area contributed by atoms with Crippen LogP contribution < -0.4 is 5.32 Å². The number of nitrogens with one attached hydrogen (secondary N) is 1. The van der Waals surface area contributed by atoms with Crippen molar-refractivity contribution in [3.63, 3.8) is 0 Å². The normalized spacial score (nSPS) is 11.3. The zero-order valence-electron chi connectivity index (χ0n) is 11.1. The molecule has 0 saturated carbocycles. The van der Waals surface area contributed by atoms with Gasteiger partial charge in [-0.15, -0.1) is 0 Å². The summed E-state index contributed by atoms with van der Waals surface area (Å²) in [5, 5.41) is 11.5. The van der Waals surface area contributed by atoms with Gasteiger partial charge in [-0.3, -0.25) is 4.79 Å². The molecule has 3 heteroatoms. The summed E-state index contributed by atoms with van der Waals surface area (Å²) in [7, 11) is 0. The van der Waals surface area contributed by atoms with Gasteiger partial charge >= 0.3 is 0 Å². The van der Waals surface area contributed by atoms with Crippen molar-refractivity contribution in [1.29, 1.82) is 5.26 Å². The average Bonchev–Trinajstić information content (AvgIpc) is 2.49. The van der Waals surface area contributed by atoms with Crippen LogP contribution in [0.1, 0.15) is 23.6 Å². The SMILES string of the molecule is N#CCC(=O)NC(Cc1ccccc1)c1ccccc1. The lowest BCUT2D eigenvalue weighted by molar-refractivity contribution is -0.120. The van der Waals surface area contributed by atoms with Gasteiger partial charge in [-0.05, 0) is 17.5 Å². The lowest BCUT2D eigenvalue weighted by Crippen LogP contribution is -2.29. The lowest BCUT2D eigenvalue weighted by atomic mass is 9.99. The Morgan fingerprint density at radius 3 is 2.25 bits per heavy atom. The summed E-state index contributed by atoms with van der Waals surface area (Å²) in [5.74, 6) is -0.239. The van der Waals surface area contributed by atoms with Crippen LogP contribution in [0.4, 0.5) is 0 Å². The van der Waals surface area contributed by atoms with E-state index in [2.05, 4.69) is 5.32 Å². The number of hydrogen-bond acceptors (Lipinski definition) is 2. The van der Waals surface area contributed by atoms with Crippen LogP contribution >= 0.6 is 0 Å². The maximum atomic E-state index is 11.7. The Kier molecular flexibility index (Phi) is 4.91. The first-order valence-corrected chi connectivity index (χ1v) is 6.55. The van der Waals surface area contributed by atoms with E-state index >= 15 is 0 Å². The summed E-state index contributed by atoms with van der Waals surface area (Å²) in [6, 6.07) is 21.6. The first-order chi connectivity index (χ1) is 9.79. The van der Waals surface area contributed by atoms with Crippen molar-refractivity contribution < 1.29 is 4.79 Å². The quantitative estimate of drug-likeness (QED) is 0.902. The molecule has 0 heterocycles. The molecule has 2 aromatic rings. The molecular formula is C17H16N2O. The number of carbonyl (C=O) groups excluding carboxylic acids is 1. The van der Waals surface area contributed by atoms with Crippen LogP contribution in [0.2, 0.25) is 0 Å². The van der Waals surface area contributed by atoms with Crippen molar-refractivity contribution in [1.82, 2.24) is 5.32 Å². The molecule has 20 heavy (non-hydrogen) atoms. The monoisotopic (exact) mass is 264 g/mol. The van der Waals surface area contributed by atoms with Gasteiger partial charge in [0.25, 0.3) is 0 Å². The average molecular weight is 264 g/mol. The van der Waals surface area contributed by atoms with E-state index in [-0.39, 0.29) is 18.4 Å². The number of nitrogens with zero attached hydrogens (tertiary/aromatic N) is 1. The largest absolute Gasteiger partial charge is 0.348 e. The number of hydrogen-bond donors (Lipinski definition) is 1. The van der Waals surface area contributed by atoms with Crippen LogP contribution in [-0.4, -0.2) is 5.91 Å². The van der Waals surface area contributed by atoms with E-state index in [1.165, 1.54) is 0 Å². The smallest absolute Gasteiger partial charge is 0.234 e. The Bertz CT molecular complexity index is 587. The maximum absolute atomic E-state index is 11.7. The second kappa shape index (κ2) is 7.10. The number of rotatable bonds is 5. The van der Waals surface area contributed by atoms with Crippen molar-refractivity contribution in [2.45, 2.75) is 18.9 Å². The molecule has 100 valence electrons. The highest BCUT2D eigenvalue weighted by atomic mass is 16.1. The van der Waals surface area contributed by atoms with Crippen LogP contribution in [0.3, 0.4) is 0 Å². The summed E-state index contributed by atoms with van der Waals surface area (Å²) < 4.78 is 0. The van der Waals surface area contributed by atoms with Crippen molar-refractivity contribution in [3.05, 3.63) is 71.8 Å². The minimum Gasteiger partial charge on any atom is -0.348 e. The van der Waals surface area contributed by atoms with Gasteiger partial charge in [0, 0.05) is 0 Å². The summed E-state index contributed by atoms with van der Waals surface area (Å²) in [4.78, 5) is 11.7. The van der Waals surface area contributed by atoms with Crippen LogP contribution in [0.25, 0.3) is 0 Å². The predicted octanol–water partition coefficient (Wildman–Crippen LogP) is 3.00. The fourth-order valence-electron chi connectivity index (χ4n) is 2.10. The van der Waals surface area contributed by atoms with E-state index < -0.39 is 0 Å². The summed E-state index contributed by atoms with van der Waals surface area (Å²) in [5.41, 5.74) is 2.20. The molecule has 1 atom stereocenters. The molecule has 0 bridgehead atoms. The highest BCUT2D eigenvalue weighted by Crippen LogP contribution is 2.18. The second-order valence-corrected chi connectivity index (χ2v) is 4.56. The van der Waals surface area contributed by atoms with Crippen LogP contribution in [-0.2, 0) is 11.2 Å².